The second-order valence-electron chi connectivity index (χ2n) is 8.94. The van der Waals surface area contributed by atoms with Crippen molar-refractivity contribution in [3.05, 3.63) is 103 Å². The highest BCUT2D eigenvalue weighted by molar-refractivity contribution is 7.97. The lowest BCUT2D eigenvalue weighted by Crippen LogP contribution is -2.39. The van der Waals surface area contributed by atoms with Crippen LogP contribution in [0.1, 0.15) is 33.1 Å². The molecule has 174 valence electrons. The fraction of sp³-hybridized carbons (Fsp3) is 0.233. The Hall–Kier alpha value is -3.16. The summed E-state index contributed by atoms with van der Waals surface area (Å²) in [7, 11) is 0. The van der Waals surface area contributed by atoms with Gasteiger partial charge in [-0.3, -0.25) is 4.79 Å². The molecule has 0 heterocycles. The SMILES string of the molecule is CCOC(=O)C(C(=O)CC1(C)C=CCC1)=P(c1ccccc1)(c1ccccc1)c1ccccc1. The maximum atomic E-state index is 14.2. The van der Waals surface area contributed by atoms with Gasteiger partial charge in [-0.25, -0.2) is 4.79 Å². The average molecular weight is 471 g/mol. The van der Waals surface area contributed by atoms with Gasteiger partial charge in [0.2, 0.25) is 0 Å². The van der Waals surface area contributed by atoms with Gasteiger partial charge in [0, 0.05) is 6.42 Å². The van der Waals surface area contributed by atoms with Crippen molar-refractivity contribution in [1.82, 2.24) is 0 Å². The molecule has 4 heteroatoms. The molecule has 3 aromatic carbocycles. The van der Waals surface area contributed by atoms with E-state index in [9.17, 15) is 9.59 Å². The first-order valence-electron chi connectivity index (χ1n) is 11.8. The quantitative estimate of drug-likeness (QED) is 0.201. The summed E-state index contributed by atoms with van der Waals surface area (Å²) in [6, 6.07) is 30.0. The third-order valence-electron chi connectivity index (χ3n) is 6.47. The molecule has 0 saturated carbocycles. The summed E-state index contributed by atoms with van der Waals surface area (Å²) < 4.78 is 5.61. The van der Waals surface area contributed by atoms with Crippen LogP contribution in [0.3, 0.4) is 0 Å². The zero-order chi connectivity index (χ0) is 24.0. The zero-order valence-corrected chi connectivity index (χ0v) is 20.7. The second kappa shape index (κ2) is 10.4. The minimum absolute atomic E-state index is 0.127. The van der Waals surface area contributed by atoms with E-state index in [2.05, 4.69) is 19.1 Å². The van der Waals surface area contributed by atoms with Crippen molar-refractivity contribution in [2.45, 2.75) is 33.1 Å². The van der Waals surface area contributed by atoms with Gasteiger partial charge in [-0.1, -0.05) is 110 Å². The smallest absolute Gasteiger partial charge is 0.342 e. The van der Waals surface area contributed by atoms with Gasteiger partial charge in [0.25, 0.3) is 0 Å². The molecule has 34 heavy (non-hydrogen) atoms. The van der Waals surface area contributed by atoms with Crippen LogP contribution in [0.2, 0.25) is 0 Å². The fourth-order valence-electron chi connectivity index (χ4n) is 4.89. The third kappa shape index (κ3) is 4.58. The maximum Gasteiger partial charge on any atom is 0.342 e. The second-order valence-corrected chi connectivity index (χ2v) is 12.3. The van der Waals surface area contributed by atoms with Gasteiger partial charge in [-0.15, -0.1) is 0 Å². The summed E-state index contributed by atoms with van der Waals surface area (Å²) in [5.41, 5.74) is -0.255. The number of ether oxygens (including phenoxy) is 1. The molecule has 4 rings (SSSR count). The van der Waals surface area contributed by atoms with Crippen LogP contribution in [-0.4, -0.2) is 23.7 Å². The van der Waals surface area contributed by atoms with Crippen molar-refractivity contribution in [3.63, 3.8) is 0 Å². The van der Waals surface area contributed by atoms with Crippen LogP contribution >= 0.6 is 6.89 Å². The maximum absolute atomic E-state index is 14.2. The summed E-state index contributed by atoms with van der Waals surface area (Å²) in [5, 5.41) is 3.18. The lowest BCUT2D eigenvalue weighted by Gasteiger charge is -2.32. The Bertz CT molecular complexity index is 1130. The lowest BCUT2D eigenvalue weighted by atomic mass is 9.84. The molecule has 1 aliphatic rings. The first-order chi connectivity index (χ1) is 16.5. The van der Waals surface area contributed by atoms with Crippen LogP contribution in [0, 0.1) is 5.41 Å². The van der Waals surface area contributed by atoms with Crippen molar-refractivity contribution < 1.29 is 14.3 Å². The number of ketones is 1. The predicted molar refractivity (Wildman–Crippen MR) is 143 cm³/mol. The molecule has 0 aromatic heterocycles. The molecule has 0 fully saturated rings. The van der Waals surface area contributed by atoms with Crippen LogP contribution in [-0.2, 0) is 14.3 Å². The molecule has 0 bridgehead atoms. The molecule has 0 saturated heterocycles. The first kappa shape index (κ1) is 24.0. The van der Waals surface area contributed by atoms with Gasteiger partial charge in [-0.05, 0) is 48.0 Å². The van der Waals surface area contributed by atoms with E-state index in [0.29, 0.717) is 0 Å². The average Bonchev–Trinajstić information content (AvgIpc) is 3.29. The Morgan fingerprint density at radius 2 is 1.29 bits per heavy atom. The molecule has 3 aromatic rings. The number of hydrogen-bond donors (Lipinski definition) is 0. The van der Waals surface area contributed by atoms with Crippen molar-refractivity contribution >= 4 is 39.8 Å². The van der Waals surface area contributed by atoms with Gasteiger partial charge in [0.05, 0.1) is 6.61 Å². The van der Waals surface area contributed by atoms with Crippen LogP contribution in [0.15, 0.2) is 103 Å². The summed E-state index contributed by atoms with van der Waals surface area (Å²) in [6.07, 6.45) is 6.40. The number of rotatable bonds is 8. The third-order valence-corrected chi connectivity index (χ3v) is 10.8. The highest BCUT2D eigenvalue weighted by atomic mass is 31.2. The first-order valence-corrected chi connectivity index (χ1v) is 13.6. The number of esters is 1. The van der Waals surface area contributed by atoms with Crippen molar-refractivity contribution in [2.24, 2.45) is 5.41 Å². The molecule has 0 radical (unpaired) electrons. The van der Waals surface area contributed by atoms with Gasteiger partial charge in [0.15, 0.2) is 5.78 Å². The van der Waals surface area contributed by atoms with Crippen LogP contribution < -0.4 is 15.9 Å². The van der Waals surface area contributed by atoms with Crippen LogP contribution in [0.25, 0.3) is 0 Å². The number of carbonyl (C=O) groups excluding carboxylic acids is 2. The monoisotopic (exact) mass is 470 g/mol. The number of allylic oxidation sites excluding steroid dienone is 2. The molecule has 0 amide bonds. The number of Topliss-reactive ketones (excluding diaryl/α,β-unsaturated/α-hetero) is 1. The van der Waals surface area contributed by atoms with Crippen molar-refractivity contribution in [3.8, 4) is 0 Å². The van der Waals surface area contributed by atoms with Crippen molar-refractivity contribution in [2.75, 3.05) is 6.61 Å². The van der Waals surface area contributed by atoms with E-state index >= 15 is 0 Å². The lowest BCUT2D eigenvalue weighted by molar-refractivity contribution is -0.135. The summed E-state index contributed by atoms with van der Waals surface area (Å²) >= 11 is 0. The number of hydrogen-bond acceptors (Lipinski definition) is 3. The molecule has 3 nitrogen and oxygen atoms in total. The largest absolute Gasteiger partial charge is 0.462 e. The van der Waals surface area contributed by atoms with Crippen LogP contribution in [0.5, 0.6) is 0 Å². The molecule has 0 aliphatic heterocycles. The molecule has 1 atom stereocenters. The van der Waals surface area contributed by atoms with E-state index in [0.717, 1.165) is 28.8 Å². The molecular weight excluding hydrogens is 439 g/mol. The Balaban J connectivity index is 2.15. The highest BCUT2D eigenvalue weighted by Crippen LogP contribution is 2.47. The van der Waals surface area contributed by atoms with Gasteiger partial charge < -0.3 is 4.74 Å². The number of carbonyl (C=O) groups is 2. The minimum atomic E-state index is -2.82. The normalized spacial score (nSPS) is 17.4. The molecule has 0 N–H and O–H groups in total. The predicted octanol–water partition coefficient (Wildman–Crippen LogP) is 5.03. The van der Waals surface area contributed by atoms with E-state index in [1.54, 1.807) is 6.92 Å². The summed E-state index contributed by atoms with van der Waals surface area (Å²) in [4.78, 5) is 28.0. The highest BCUT2D eigenvalue weighted by Gasteiger charge is 2.39. The summed E-state index contributed by atoms with van der Waals surface area (Å²) in [6.45, 7) is 1.28. The molecule has 1 aliphatic carbocycles. The van der Waals surface area contributed by atoms with Gasteiger partial charge in [-0.2, -0.15) is 0 Å². The standard InChI is InChI=1S/C30H31O3P/c1-3-33-29(32)28(27(31)23-30(2)21-13-14-22-30)34(24-15-7-4-8-16-24,25-17-9-5-10-18-25)26-19-11-6-12-20-26/h4-13,15-21H,3,14,22-23H2,1-2H3. The van der Waals surface area contributed by atoms with Crippen molar-refractivity contribution in [1.29, 1.82) is 0 Å². The Morgan fingerprint density at radius 1 is 0.824 bits per heavy atom. The van der Waals surface area contributed by atoms with E-state index in [-0.39, 0.29) is 29.5 Å². The molecule has 1 unspecified atom stereocenters. The Kier molecular flexibility index (Phi) is 7.34. The van der Waals surface area contributed by atoms with E-state index < -0.39 is 12.9 Å². The van der Waals surface area contributed by atoms with Crippen LogP contribution in [0.4, 0.5) is 0 Å². The Labute approximate surface area is 202 Å². The van der Waals surface area contributed by atoms with Gasteiger partial charge >= 0.3 is 5.97 Å². The van der Waals surface area contributed by atoms with E-state index in [1.807, 2.05) is 91.0 Å². The van der Waals surface area contributed by atoms with E-state index in [1.165, 1.54) is 0 Å². The minimum Gasteiger partial charge on any atom is -0.462 e. The summed E-state index contributed by atoms with van der Waals surface area (Å²) in [5.74, 6) is -0.639. The Morgan fingerprint density at radius 3 is 1.68 bits per heavy atom. The van der Waals surface area contributed by atoms with E-state index in [4.69, 9.17) is 4.74 Å². The molecule has 0 spiro atoms. The van der Waals surface area contributed by atoms with Gasteiger partial charge in [0.1, 0.15) is 5.29 Å². The fourth-order valence-corrected chi connectivity index (χ4v) is 9.21. The number of benzene rings is 3. The molecular formula is C30H31O3P. The topological polar surface area (TPSA) is 43.4 Å². The zero-order valence-electron chi connectivity index (χ0n) is 19.8.